The number of nitrogens with one attached hydrogen (secondary N) is 2. The van der Waals surface area contributed by atoms with Crippen molar-refractivity contribution in [3.05, 3.63) is 35.4 Å². The number of aliphatic hydroxyl groups is 1. The predicted molar refractivity (Wildman–Crippen MR) is 89.0 cm³/mol. The van der Waals surface area contributed by atoms with Crippen molar-refractivity contribution >= 4 is 5.96 Å². The van der Waals surface area contributed by atoms with Gasteiger partial charge in [0.15, 0.2) is 5.96 Å². The summed E-state index contributed by atoms with van der Waals surface area (Å²) in [5, 5.41) is 17.0. The Labute approximate surface area is 132 Å². The fraction of sp³-hybridized carbons (Fsp3) is 0.588. The number of hydrogen-bond donors (Lipinski definition) is 3. The zero-order valence-corrected chi connectivity index (χ0v) is 13.6. The Morgan fingerprint density at radius 1 is 1.27 bits per heavy atom. The summed E-state index contributed by atoms with van der Waals surface area (Å²) in [4.78, 5) is 4.61. The summed E-state index contributed by atoms with van der Waals surface area (Å²) in [7, 11) is 0. The lowest BCUT2D eigenvalue weighted by Crippen LogP contribution is -2.49. The standard InChI is InChI=1S/C17H27N3O2/c1-3-18-16(19-12-15-7-5-4-6-14(15)2)20-13-17(21)8-10-22-11-9-17/h4-7,21H,3,8-13H2,1-2H3,(H2,18,19,20). The largest absolute Gasteiger partial charge is 0.388 e. The van der Waals surface area contributed by atoms with E-state index in [2.05, 4.69) is 34.7 Å². The third kappa shape index (κ3) is 5.00. The molecule has 5 nitrogen and oxygen atoms in total. The van der Waals surface area contributed by atoms with E-state index < -0.39 is 5.60 Å². The normalized spacial score (nSPS) is 18.0. The van der Waals surface area contributed by atoms with Crippen molar-refractivity contribution in [2.45, 2.75) is 38.8 Å². The zero-order chi connectivity index (χ0) is 15.8. The molecule has 0 bridgehead atoms. The molecule has 1 aromatic rings. The van der Waals surface area contributed by atoms with E-state index in [4.69, 9.17) is 4.74 Å². The Kier molecular flexibility index (Phi) is 6.21. The average molecular weight is 305 g/mol. The number of guanidine groups is 1. The number of aryl methyl sites for hydroxylation is 1. The van der Waals surface area contributed by atoms with E-state index in [1.807, 2.05) is 19.1 Å². The molecule has 0 atom stereocenters. The molecule has 1 aromatic carbocycles. The first-order valence-electron chi connectivity index (χ1n) is 8.00. The Balaban J connectivity index is 1.94. The highest BCUT2D eigenvalue weighted by molar-refractivity contribution is 5.79. The van der Waals surface area contributed by atoms with Crippen LogP contribution in [0.25, 0.3) is 0 Å². The molecule has 1 fully saturated rings. The second-order valence-electron chi connectivity index (χ2n) is 5.81. The lowest BCUT2D eigenvalue weighted by atomic mass is 9.94. The van der Waals surface area contributed by atoms with Crippen molar-refractivity contribution in [2.75, 3.05) is 26.3 Å². The minimum Gasteiger partial charge on any atom is -0.388 e. The molecule has 2 rings (SSSR count). The van der Waals surface area contributed by atoms with Crippen molar-refractivity contribution < 1.29 is 9.84 Å². The Morgan fingerprint density at radius 3 is 2.68 bits per heavy atom. The zero-order valence-electron chi connectivity index (χ0n) is 13.6. The molecule has 0 aliphatic carbocycles. The summed E-state index contributed by atoms with van der Waals surface area (Å²) in [5.41, 5.74) is 1.76. The van der Waals surface area contributed by atoms with E-state index in [1.165, 1.54) is 11.1 Å². The molecule has 1 aliphatic rings. The molecule has 1 saturated heterocycles. The maximum absolute atomic E-state index is 10.5. The van der Waals surface area contributed by atoms with Gasteiger partial charge in [-0.15, -0.1) is 0 Å². The van der Waals surface area contributed by atoms with Gasteiger partial charge in [-0.25, -0.2) is 4.99 Å². The van der Waals surface area contributed by atoms with Crippen LogP contribution in [0.2, 0.25) is 0 Å². The van der Waals surface area contributed by atoms with E-state index in [0.29, 0.717) is 39.1 Å². The molecule has 3 N–H and O–H groups in total. The molecule has 0 unspecified atom stereocenters. The SMILES string of the molecule is CCNC(=NCc1ccccc1C)NCC1(O)CCOCC1. The van der Waals surface area contributed by atoms with Crippen LogP contribution in [0.3, 0.4) is 0 Å². The smallest absolute Gasteiger partial charge is 0.191 e. The molecule has 22 heavy (non-hydrogen) atoms. The fourth-order valence-corrected chi connectivity index (χ4v) is 2.47. The van der Waals surface area contributed by atoms with Crippen molar-refractivity contribution in [2.24, 2.45) is 4.99 Å². The minimum absolute atomic E-state index is 0.496. The highest BCUT2D eigenvalue weighted by Crippen LogP contribution is 2.19. The van der Waals surface area contributed by atoms with Crippen LogP contribution in [0.4, 0.5) is 0 Å². The Hall–Kier alpha value is -1.59. The van der Waals surface area contributed by atoms with E-state index in [9.17, 15) is 5.11 Å². The highest BCUT2D eigenvalue weighted by Gasteiger charge is 2.29. The molecule has 0 spiro atoms. The van der Waals surface area contributed by atoms with Gasteiger partial charge in [-0.1, -0.05) is 24.3 Å². The van der Waals surface area contributed by atoms with Crippen LogP contribution in [-0.4, -0.2) is 43.0 Å². The lowest BCUT2D eigenvalue weighted by molar-refractivity contribution is -0.0594. The van der Waals surface area contributed by atoms with Gasteiger partial charge in [0, 0.05) is 39.1 Å². The third-order valence-electron chi connectivity index (χ3n) is 4.02. The predicted octanol–water partition coefficient (Wildman–Crippen LogP) is 1.59. The van der Waals surface area contributed by atoms with Crippen LogP contribution >= 0.6 is 0 Å². The van der Waals surface area contributed by atoms with Gasteiger partial charge in [-0.05, 0) is 25.0 Å². The van der Waals surface area contributed by atoms with Crippen LogP contribution in [0, 0.1) is 6.92 Å². The molecular formula is C17H27N3O2. The van der Waals surface area contributed by atoms with E-state index in [-0.39, 0.29) is 0 Å². The summed E-state index contributed by atoms with van der Waals surface area (Å²) in [6.45, 7) is 7.29. The molecule has 0 amide bonds. The second kappa shape index (κ2) is 8.15. The quantitative estimate of drug-likeness (QED) is 0.571. The van der Waals surface area contributed by atoms with E-state index in [1.54, 1.807) is 0 Å². The summed E-state index contributed by atoms with van der Waals surface area (Å²) in [6.07, 6.45) is 1.33. The fourth-order valence-electron chi connectivity index (χ4n) is 2.47. The maximum Gasteiger partial charge on any atom is 0.191 e. The van der Waals surface area contributed by atoms with Crippen molar-refractivity contribution in [3.63, 3.8) is 0 Å². The first-order valence-corrected chi connectivity index (χ1v) is 8.00. The van der Waals surface area contributed by atoms with Gasteiger partial charge in [0.1, 0.15) is 0 Å². The second-order valence-corrected chi connectivity index (χ2v) is 5.81. The number of aliphatic imine (C=N–C) groups is 1. The highest BCUT2D eigenvalue weighted by atomic mass is 16.5. The summed E-state index contributed by atoms with van der Waals surface area (Å²) in [6, 6.07) is 8.25. The minimum atomic E-state index is -0.697. The molecule has 122 valence electrons. The van der Waals surface area contributed by atoms with Crippen LogP contribution < -0.4 is 10.6 Å². The lowest BCUT2D eigenvalue weighted by Gasteiger charge is -2.32. The Morgan fingerprint density at radius 2 is 2.00 bits per heavy atom. The van der Waals surface area contributed by atoms with Gasteiger partial charge in [0.05, 0.1) is 12.1 Å². The number of benzene rings is 1. The Bertz CT molecular complexity index is 496. The van der Waals surface area contributed by atoms with Crippen LogP contribution in [0.5, 0.6) is 0 Å². The van der Waals surface area contributed by atoms with Gasteiger partial charge in [-0.2, -0.15) is 0 Å². The first kappa shape index (κ1) is 16.8. The van der Waals surface area contributed by atoms with Crippen LogP contribution in [0.1, 0.15) is 30.9 Å². The molecule has 0 aromatic heterocycles. The van der Waals surface area contributed by atoms with E-state index in [0.717, 1.165) is 12.5 Å². The van der Waals surface area contributed by atoms with Gasteiger partial charge in [-0.3, -0.25) is 0 Å². The monoisotopic (exact) mass is 305 g/mol. The molecule has 1 aliphatic heterocycles. The van der Waals surface area contributed by atoms with Gasteiger partial charge in [0.2, 0.25) is 0 Å². The first-order chi connectivity index (χ1) is 10.6. The topological polar surface area (TPSA) is 65.9 Å². The molecule has 1 heterocycles. The number of nitrogens with zero attached hydrogens (tertiary/aromatic N) is 1. The average Bonchev–Trinajstić information content (AvgIpc) is 2.52. The maximum atomic E-state index is 10.5. The third-order valence-corrected chi connectivity index (χ3v) is 4.02. The number of hydrogen-bond acceptors (Lipinski definition) is 3. The van der Waals surface area contributed by atoms with Gasteiger partial charge in [0.25, 0.3) is 0 Å². The van der Waals surface area contributed by atoms with Crippen molar-refractivity contribution in [3.8, 4) is 0 Å². The van der Waals surface area contributed by atoms with E-state index >= 15 is 0 Å². The van der Waals surface area contributed by atoms with Crippen LogP contribution in [-0.2, 0) is 11.3 Å². The molecule has 0 radical (unpaired) electrons. The molecule has 0 saturated carbocycles. The summed E-state index contributed by atoms with van der Waals surface area (Å²) >= 11 is 0. The van der Waals surface area contributed by atoms with Gasteiger partial charge >= 0.3 is 0 Å². The van der Waals surface area contributed by atoms with Crippen molar-refractivity contribution in [1.29, 1.82) is 0 Å². The molecule has 5 heteroatoms. The summed E-state index contributed by atoms with van der Waals surface area (Å²) in [5.74, 6) is 0.741. The van der Waals surface area contributed by atoms with Crippen LogP contribution in [0.15, 0.2) is 29.3 Å². The summed E-state index contributed by atoms with van der Waals surface area (Å²) < 4.78 is 5.30. The number of ether oxygens (including phenoxy) is 1. The molecular weight excluding hydrogens is 278 g/mol. The number of rotatable bonds is 5. The van der Waals surface area contributed by atoms with Crippen molar-refractivity contribution in [1.82, 2.24) is 10.6 Å². The van der Waals surface area contributed by atoms with Gasteiger partial charge < -0.3 is 20.5 Å².